The summed E-state index contributed by atoms with van der Waals surface area (Å²) in [4.78, 5) is 11.5. The van der Waals surface area contributed by atoms with Gasteiger partial charge in [0.05, 0.1) is 21.7 Å². The van der Waals surface area contributed by atoms with Gasteiger partial charge in [0.2, 0.25) is 15.9 Å². The Morgan fingerprint density at radius 1 is 0.848 bits per heavy atom. The molecule has 1 fully saturated rings. The van der Waals surface area contributed by atoms with Gasteiger partial charge in [-0.3, -0.25) is 15.6 Å². The van der Waals surface area contributed by atoms with Gasteiger partial charge in [-0.25, -0.2) is 8.42 Å². The van der Waals surface area contributed by atoms with Crippen molar-refractivity contribution in [3.05, 3.63) is 59.7 Å². The molecule has 1 aliphatic heterocycles. The molecule has 0 unspecified atom stereocenters. The van der Waals surface area contributed by atoms with Crippen LogP contribution >= 0.6 is 0 Å². The summed E-state index contributed by atoms with van der Waals surface area (Å²) in [5, 5.41) is 0. The smallest absolute Gasteiger partial charge is 0.298 e. The van der Waals surface area contributed by atoms with E-state index in [2.05, 4.69) is 10.9 Å². The lowest BCUT2D eigenvalue weighted by Crippen LogP contribution is -2.44. The van der Waals surface area contributed by atoms with E-state index in [4.69, 9.17) is 0 Å². The summed E-state index contributed by atoms with van der Waals surface area (Å²) in [5.41, 5.74) is 1.81. The number of hydrazine groups is 1. The van der Waals surface area contributed by atoms with Crippen LogP contribution in [0, 0.1) is 5.92 Å². The number of para-hydroxylation sites is 1. The molecular weight excluding hydrogens is 476 g/mol. The third-order valence-corrected chi connectivity index (χ3v) is 7.14. The van der Waals surface area contributed by atoms with Crippen molar-refractivity contribution in [3.8, 4) is 0 Å². The summed E-state index contributed by atoms with van der Waals surface area (Å²) in [5.74, 6) is -1.39. The normalized spacial score (nSPS) is 16.4. The highest BCUT2D eigenvalue weighted by atomic mass is 32.2. The standard InChI is InChI=1S/C20H19F6N3O3S/c21-19(22,23)14-5-1-3-7-16(14)27-28-18(30)13-9-11-29(12-10-13)33(31,32)17-8-4-2-6-15(17)20(24,25)26/h1-8,13,27H,9-12H2,(H,28,30). The zero-order valence-electron chi connectivity index (χ0n) is 16.9. The lowest BCUT2D eigenvalue weighted by molar-refractivity contribution is -0.140. The molecule has 180 valence electrons. The van der Waals surface area contributed by atoms with Gasteiger partial charge >= 0.3 is 12.4 Å². The zero-order valence-corrected chi connectivity index (χ0v) is 17.7. The predicted molar refractivity (Wildman–Crippen MR) is 106 cm³/mol. The third-order valence-electron chi connectivity index (χ3n) is 5.19. The van der Waals surface area contributed by atoms with Crippen LogP contribution in [-0.2, 0) is 27.2 Å². The van der Waals surface area contributed by atoms with Gasteiger partial charge in [0.25, 0.3) is 0 Å². The summed E-state index contributed by atoms with van der Waals surface area (Å²) in [7, 11) is -4.46. The SMILES string of the molecule is O=C(NNc1ccccc1C(F)(F)F)C1CCN(S(=O)(=O)c2ccccc2C(F)(F)F)CC1. The Labute approximate surface area is 185 Å². The van der Waals surface area contributed by atoms with Gasteiger partial charge in [-0.05, 0) is 37.1 Å². The Kier molecular flexibility index (Phi) is 6.93. The summed E-state index contributed by atoms with van der Waals surface area (Å²) in [6, 6.07) is 8.35. The molecule has 0 atom stereocenters. The van der Waals surface area contributed by atoms with Crippen molar-refractivity contribution in [1.82, 2.24) is 9.73 Å². The molecule has 1 saturated heterocycles. The highest BCUT2D eigenvalue weighted by molar-refractivity contribution is 7.89. The van der Waals surface area contributed by atoms with Gasteiger partial charge in [0.1, 0.15) is 0 Å². The summed E-state index contributed by atoms with van der Waals surface area (Å²) in [6.45, 7) is -0.433. The number of hydrogen-bond acceptors (Lipinski definition) is 4. The molecule has 13 heteroatoms. The first-order valence-electron chi connectivity index (χ1n) is 9.70. The van der Waals surface area contributed by atoms with Crippen LogP contribution in [0.15, 0.2) is 53.4 Å². The molecule has 0 aliphatic carbocycles. The first-order chi connectivity index (χ1) is 15.3. The monoisotopic (exact) mass is 495 g/mol. The molecule has 0 aromatic heterocycles. The number of nitrogens with one attached hydrogen (secondary N) is 2. The fraction of sp³-hybridized carbons (Fsp3) is 0.350. The first-order valence-corrected chi connectivity index (χ1v) is 11.1. The maximum Gasteiger partial charge on any atom is 0.418 e. The van der Waals surface area contributed by atoms with E-state index < -0.39 is 50.2 Å². The van der Waals surface area contributed by atoms with Crippen molar-refractivity contribution in [2.24, 2.45) is 5.92 Å². The number of benzene rings is 2. The number of nitrogens with zero attached hydrogens (tertiary/aromatic N) is 1. The number of rotatable bonds is 5. The fourth-order valence-corrected chi connectivity index (χ4v) is 5.18. The average molecular weight is 495 g/mol. The molecule has 2 aromatic carbocycles. The number of sulfonamides is 1. The van der Waals surface area contributed by atoms with Gasteiger partial charge < -0.3 is 0 Å². The van der Waals surface area contributed by atoms with Crippen LogP contribution in [0.3, 0.4) is 0 Å². The minimum atomic E-state index is -4.86. The second-order valence-corrected chi connectivity index (χ2v) is 9.24. The topological polar surface area (TPSA) is 78.5 Å². The number of halogens is 6. The minimum absolute atomic E-state index is 0.0121. The average Bonchev–Trinajstić information content (AvgIpc) is 2.76. The number of carbonyl (C=O) groups excluding carboxylic acids is 1. The van der Waals surface area contributed by atoms with Crippen LogP contribution in [0.2, 0.25) is 0 Å². The second-order valence-electron chi connectivity index (χ2n) is 7.33. The van der Waals surface area contributed by atoms with Crippen molar-refractivity contribution in [1.29, 1.82) is 0 Å². The Hall–Kier alpha value is -2.80. The Balaban J connectivity index is 1.64. The largest absolute Gasteiger partial charge is 0.418 e. The number of alkyl halides is 6. The Morgan fingerprint density at radius 2 is 1.36 bits per heavy atom. The molecule has 0 saturated carbocycles. The quantitative estimate of drug-likeness (QED) is 0.480. The van der Waals surface area contributed by atoms with E-state index in [1.807, 2.05) is 0 Å². The van der Waals surface area contributed by atoms with Crippen molar-refractivity contribution >= 4 is 21.6 Å². The van der Waals surface area contributed by atoms with Crippen molar-refractivity contribution in [2.45, 2.75) is 30.1 Å². The van der Waals surface area contributed by atoms with Crippen LogP contribution in [0.25, 0.3) is 0 Å². The minimum Gasteiger partial charge on any atom is -0.298 e. The van der Waals surface area contributed by atoms with E-state index in [0.717, 1.165) is 28.6 Å². The molecule has 2 aromatic rings. The molecule has 0 spiro atoms. The van der Waals surface area contributed by atoms with Gasteiger partial charge in [0.15, 0.2) is 0 Å². The van der Waals surface area contributed by atoms with Gasteiger partial charge in [0, 0.05) is 19.0 Å². The van der Waals surface area contributed by atoms with Crippen molar-refractivity contribution < 1.29 is 39.6 Å². The molecule has 1 amide bonds. The molecule has 6 nitrogen and oxygen atoms in total. The van der Waals surface area contributed by atoms with Crippen LogP contribution in [0.1, 0.15) is 24.0 Å². The van der Waals surface area contributed by atoms with Crippen molar-refractivity contribution in [3.63, 3.8) is 0 Å². The van der Waals surface area contributed by atoms with E-state index in [-0.39, 0.29) is 31.6 Å². The summed E-state index contributed by atoms with van der Waals surface area (Å²) in [6.07, 6.45) is -9.52. The number of carbonyl (C=O) groups is 1. The molecule has 0 radical (unpaired) electrons. The first kappa shape index (κ1) is 24.8. The lowest BCUT2D eigenvalue weighted by Gasteiger charge is -2.31. The fourth-order valence-electron chi connectivity index (χ4n) is 3.49. The predicted octanol–water partition coefficient (Wildman–Crippen LogP) is 4.27. The van der Waals surface area contributed by atoms with E-state index in [1.54, 1.807) is 0 Å². The zero-order chi connectivity index (χ0) is 24.4. The molecule has 1 heterocycles. The third kappa shape index (κ3) is 5.58. The molecule has 3 rings (SSSR count). The number of hydrogen-bond donors (Lipinski definition) is 2. The maximum absolute atomic E-state index is 13.2. The Bertz CT molecular complexity index is 1110. The van der Waals surface area contributed by atoms with Crippen LogP contribution < -0.4 is 10.9 Å². The number of piperidine rings is 1. The van der Waals surface area contributed by atoms with Crippen LogP contribution in [0.5, 0.6) is 0 Å². The van der Waals surface area contributed by atoms with Crippen LogP contribution in [-0.4, -0.2) is 31.7 Å². The van der Waals surface area contributed by atoms with E-state index >= 15 is 0 Å². The number of amides is 1. The molecular formula is C20H19F6N3O3S. The van der Waals surface area contributed by atoms with E-state index in [9.17, 15) is 39.6 Å². The van der Waals surface area contributed by atoms with E-state index in [1.165, 1.54) is 18.2 Å². The second kappa shape index (κ2) is 9.21. The summed E-state index contributed by atoms with van der Waals surface area (Å²) < 4.78 is 105. The highest BCUT2D eigenvalue weighted by Gasteiger charge is 2.40. The number of anilines is 1. The van der Waals surface area contributed by atoms with Crippen molar-refractivity contribution in [2.75, 3.05) is 18.5 Å². The van der Waals surface area contributed by atoms with Gasteiger partial charge in [-0.2, -0.15) is 30.6 Å². The Morgan fingerprint density at radius 3 is 1.94 bits per heavy atom. The van der Waals surface area contributed by atoms with E-state index in [0.29, 0.717) is 6.07 Å². The van der Waals surface area contributed by atoms with Gasteiger partial charge in [-0.15, -0.1) is 0 Å². The summed E-state index contributed by atoms with van der Waals surface area (Å²) >= 11 is 0. The highest BCUT2D eigenvalue weighted by Crippen LogP contribution is 2.36. The molecule has 0 bridgehead atoms. The molecule has 1 aliphatic rings. The molecule has 2 N–H and O–H groups in total. The molecule has 33 heavy (non-hydrogen) atoms. The maximum atomic E-state index is 13.2. The van der Waals surface area contributed by atoms with Crippen LogP contribution in [0.4, 0.5) is 32.0 Å². The lowest BCUT2D eigenvalue weighted by atomic mass is 9.97. The van der Waals surface area contributed by atoms with Gasteiger partial charge in [-0.1, -0.05) is 24.3 Å².